The maximum atomic E-state index is 10.9. The molecule has 14 heavy (non-hydrogen) atoms. The van der Waals surface area contributed by atoms with E-state index in [0.29, 0.717) is 6.42 Å². The van der Waals surface area contributed by atoms with Crippen LogP contribution in [0.5, 0.6) is 0 Å². The summed E-state index contributed by atoms with van der Waals surface area (Å²) in [7, 11) is -4.17. The summed E-state index contributed by atoms with van der Waals surface area (Å²) in [5.41, 5.74) is 0. The van der Waals surface area contributed by atoms with Gasteiger partial charge in [0, 0.05) is 0 Å². The molecule has 0 aromatic rings. The van der Waals surface area contributed by atoms with Gasteiger partial charge in [-0.3, -0.25) is 9.05 Å². The van der Waals surface area contributed by atoms with Gasteiger partial charge in [0.15, 0.2) is 6.61 Å². The molecule has 0 heterocycles. The number of phosphoric acid groups is 1. The van der Waals surface area contributed by atoms with Crippen molar-refractivity contribution in [2.45, 2.75) is 26.2 Å². The van der Waals surface area contributed by atoms with Crippen LogP contribution in [0.2, 0.25) is 0 Å². The second kappa shape index (κ2) is 6.95. The first-order chi connectivity index (χ1) is 6.48. The third-order valence-electron chi connectivity index (χ3n) is 1.35. The molecule has 0 rings (SSSR count). The van der Waals surface area contributed by atoms with Crippen LogP contribution in [-0.4, -0.2) is 29.2 Å². The van der Waals surface area contributed by atoms with Crippen molar-refractivity contribution in [3.63, 3.8) is 0 Å². The van der Waals surface area contributed by atoms with Crippen molar-refractivity contribution in [2.24, 2.45) is 0 Å². The third kappa shape index (κ3) is 8.19. The summed E-state index contributed by atoms with van der Waals surface area (Å²) in [5.74, 6) is -1.31. The van der Waals surface area contributed by atoms with Gasteiger partial charge < -0.3 is 10.00 Å². The molecule has 0 aromatic carbocycles. The minimum Gasteiger partial charge on any atom is -0.480 e. The molecule has 0 fully saturated rings. The summed E-state index contributed by atoms with van der Waals surface area (Å²) >= 11 is 0. The zero-order chi connectivity index (χ0) is 11.0. The van der Waals surface area contributed by atoms with Gasteiger partial charge in [-0.25, -0.2) is 9.36 Å². The Bertz CT molecular complexity index is 216. The van der Waals surface area contributed by atoms with E-state index < -0.39 is 20.4 Å². The normalized spacial score (nSPS) is 15.0. The highest BCUT2D eigenvalue weighted by molar-refractivity contribution is 7.47. The quantitative estimate of drug-likeness (QED) is 0.480. The largest absolute Gasteiger partial charge is 0.480 e. The first-order valence-corrected chi connectivity index (χ1v) is 5.81. The summed E-state index contributed by atoms with van der Waals surface area (Å²) in [5, 5.41) is 8.17. The fraction of sp³-hybridized carbons (Fsp3) is 0.857. The van der Waals surface area contributed by atoms with E-state index >= 15 is 0 Å². The first-order valence-electron chi connectivity index (χ1n) is 4.31. The SMILES string of the molecule is CCCCCOP(=O)(O)OCC(=O)O. The van der Waals surface area contributed by atoms with Gasteiger partial charge >= 0.3 is 13.8 Å². The predicted molar refractivity (Wildman–Crippen MR) is 48.9 cm³/mol. The van der Waals surface area contributed by atoms with Gasteiger partial charge in [0.1, 0.15) is 0 Å². The lowest BCUT2D eigenvalue weighted by atomic mass is 10.3. The molecule has 0 aliphatic rings. The lowest BCUT2D eigenvalue weighted by Gasteiger charge is -2.09. The maximum Gasteiger partial charge on any atom is 0.472 e. The van der Waals surface area contributed by atoms with Crippen LogP contribution in [0.1, 0.15) is 26.2 Å². The van der Waals surface area contributed by atoms with Crippen LogP contribution < -0.4 is 0 Å². The molecule has 2 N–H and O–H groups in total. The average Bonchev–Trinajstić information content (AvgIpc) is 2.10. The Morgan fingerprint density at radius 3 is 2.50 bits per heavy atom. The number of aliphatic carboxylic acids is 1. The molecule has 84 valence electrons. The molecule has 1 atom stereocenters. The van der Waals surface area contributed by atoms with Crippen molar-refractivity contribution < 1.29 is 28.4 Å². The van der Waals surface area contributed by atoms with Crippen LogP contribution in [0.3, 0.4) is 0 Å². The predicted octanol–water partition coefficient (Wildman–Crippen LogP) is 1.39. The van der Waals surface area contributed by atoms with Crippen molar-refractivity contribution in [3.8, 4) is 0 Å². The summed E-state index contributed by atoms with van der Waals surface area (Å²) < 4.78 is 19.6. The van der Waals surface area contributed by atoms with Crippen LogP contribution in [0.15, 0.2) is 0 Å². The smallest absolute Gasteiger partial charge is 0.472 e. The van der Waals surface area contributed by atoms with Crippen molar-refractivity contribution in [1.82, 2.24) is 0 Å². The summed E-state index contributed by atoms with van der Waals surface area (Å²) in [6.07, 6.45) is 2.51. The van der Waals surface area contributed by atoms with Gasteiger partial charge in [-0.1, -0.05) is 19.8 Å². The number of hydrogen-bond acceptors (Lipinski definition) is 4. The Morgan fingerprint density at radius 1 is 1.36 bits per heavy atom. The molecule has 0 saturated heterocycles. The van der Waals surface area contributed by atoms with Crippen molar-refractivity contribution >= 4 is 13.8 Å². The van der Waals surface area contributed by atoms with Crippen LogP contribution >= 0.6 is 7.82 Å². The van der Waals surface area contributed by atoms with Gasteiger partial charge in [0.05, 0.1) is 6.61 Å². The van der Waals surface area contributed by atoms with Crippen molar-refractivity contribution in [3.05, 3.63) is 0 Å². The molecule has 0 saturated carbocycles. The molecule has 0 radical (unpaired) electrons. The molecule has 0 spiro atoms. The monoisotopic (exact) mass is 226 g/mol. The van der Waals surface area contributed by atoms with E-state index in [-0.39, 0.29) is 6.61 Å². The Labute approximate surface area is 82.5 Å². The lowest BCUT2D eigenvalue weighted by molar-refractivity contribution is -0.139. The van der Waals surface area contributed by atoms with E-state index in [0.717, 1.165) is 12.8 Å². The number of rotatable bonds is 8. The van der Waals surface area contributed by atoms with Gasteiger partial charge in [-0.2, -0.15) is 0 Å². The highest BCUT2D eigenvalue weighted by Crippen LogP contribution is 2.42. The van der Waals surface area contributed by atoms with Crippen LogP contribution in [0.4, 0.5) is 0 Å². The zero-order valence-corrected chi connectivity index (χ0v) is 8.90. The van der Waals surface area contributed by atoms with Crippen LogP contribution in [0.25, 0.3) is 0 Å². The minimum atomic E-state index is -4.17. The fourth-order valence-electron chi connectivity index (χ4n) is 0.706. The Kier molecular flexibility index (Phi) is 6.74. The molecular formula is C7H15O6P. The first kappa shape index (κ1) is 13.6. The topological polar surface area (TPSA) is 93.1 Å². The Morgan fingerprint density at radius 2 is 2.00 bits per heavy atom. The number of carboxylic acid groups (broad SMARTS) is 1. The fourth-order valence-corrected chi connectivity index (χ4v) is 1.41. The van der Waals surface area contributed by atoms with E-state index in [1.54, 1.807) is 0 Å². The van der Waals surface area contributed by atoms with Gasteiger partial charge in [0.2, 0.25) is 0 Å². The van der Waals surface area contributed by atoms with Crippen molar-refractivity contribution in [1.29, 1.82) is 0 Å². The molecule has 0 aliphatic carbocycles. The summed E-state index contributed by atoms with van der Waals surface area (Å²) in [6.45, 7) is 1.25. The standard InChI is InChI=1S/C7H15O6P/c1-2-3-4-5-12-14(10,11)13-6-7(8)9/h2-6H2,1H3,(H,8,9)(H,10,11). The van der Waals surface area contributed by atoms with E-state index in [1.165, 1.54) is 0 Å². The maximum absolute atomic E-state index is 10.9. The Hall–Kier alpha value is -0.420. The van der Waals surface area contributed by atoms with Crippen LogP contribution in [-0.2, 0) is 18.4 Å². The van der Waals surface area contributed by atoms with Gasteiger partial charge in [-0.15, -0.1) is 0 Å². The van der Waals surface area contributed by atoms with E-state index in [9.17, 15) is 9.36 Å². The van der Waals surface area contributed by atoms with E-state index in [1.807, 2.05) is 6.92 Å². The molecule has 0 aromatic heterocycles. The molecule has 0 amide bonds. The number of unbranched alkanes of at least 4 members (excludes halogenated alkanes) is 2. The number of carbonyl (C=O) groups is 1. The van der Waals surface area contributed by atoms with E-state index in [2.05, 4.69) is 9.05 Å². The van der Waals surface area contributed by atoms with Crippen molar-refractivity contribution in [2.75, 3.05) is 13.2 Å². The molecule has 1 unspecified atom stereocenters. The molecule has 0 bridgehead atoms. The summed E-state index contributed by atoms with van der Waals surface area (Å²) in [6, 6.07) is 0. The Balaban J connectivity index is 3.61. The van der Waals surface area contributed by atoms with Gasteiger partial charge in [0.25, 0.3) is 0 Å². The highest BCUT2D eigenvalue weighted by atomic mass is 31.2. The van der Waals surface area contributed by atoms with Gasteiger partial charge in [-0.05, 0) is 6.42 Å². The third-order valence-corrected chi connectivity index (χ3v) is 2.32. The molecule has 6 nitrogen and oxygen atoms in total. The van der Waals surface area contributed by atoms with E-state index in [4.69, 9.17) is 10.00 Å². The average molecular weight is 226 g/mol. The summed E-state index contributed by atoms with van der Waals surface area (Å²) in [4.78, 5) is 18.9. The minimum absolute atomic E-state index is 0.0984. The van der Waals surface area contributed by atoms with Crippen LogP contribution in [0, 0.1) is 0 Å². The molecular weight excluding hydrogens is 211 g/mol. The zero-order valence-electron chi connectivity index (χ0n) is 8.01. The number of carboxylic acids is 1. The number of phosphoric ester groups is 1. The number of hydrogen-bond donors (Lipinski definition) is 2. The lowest BCUT2D eigenvalue weighted by Crippen LogP contribution is -2.07. The second-order valence-corrected chi connectivity index (χ2v) is 4.13. The highest BCUT2D eigenvalue weighted by Gasteiger charge is 2.21. The molecule has 7 heteroatoms. The second-order valence-electron chi connectivity index (χ2n) is 2.68. The molecule has 0 aliphatic heterocycles.